The number of hydrogen-bond donors (Lipinski definition) is 2. The van der Waals surface area contributed by atoms with Gasteiger partial charge in [-0.15, -0.1) is 79.4 Å². The highest BCUT2D eigenvalue weighted by molar-refractivity contribution is 7.31. The molecule has 7 heterocycles. The molecule has 2 N–H and O–H groups in total. The molecule has 7 aromatic heterocycles. The number of carboxylic acids is 2. The van der Waals surface area contributed by atoms with Crippen LogP contribution in [0, 0.1) is 13.8 Å². The summed E-state index contributed by atoms with van der Waals surface area (Å²) in [7, 11) is 0. The van der Waals surface area contributed by atoms with Gasteiger partial charge in [-0.2, -0.15) is 19.2 Å². The van der Waals surface area contributed by atoms with E-state index < -0.39 is 11.9 Å². The van der Waals surface area contributed by atoms with Crippen molar-refractivity contribution in [1.82, 2.24) is 0 Å². The van der Waals surface area contributed by atoms with E-state index >= 15 is 0 Å². The summed E-state index contributed by atoms with van der Waals surface area (Å²) in [5.74, 6) is -1.64. The van der Waals surface area contributed by atoms with E-state index in [0.29, 0.717) is 0 Å². The van der Waals surface area contributed by atoms with Gasteiger partial charge < -0.3 is 10.2 Å². The molecule has 0 aliphatic rings. The first kappa shape index (κ1) is 37.8. The molecule has 0 saturated carbocycles. The first-order chi connectivity index (χ1) is 24.6. The van der Waals surface area contributed by atoms with Crippen molar-refractivity contribution in [3.8, 4) is 58.5 Å². The van der Waals surface area contributed by atoms with Crippen LogP contribution < -0.4 is 0 Å². The van der Waals surface area contributed by atoms with Gasteiger partial charge in [0, 0.05) is 58.5 Å². The molecule has 0 aliphatic carbocycles. The number of thiophene rings is 7. The molecule has 7 rings (SSSR count). The van der Waals surface area contributed by atoms with Crippen molar-refractivity contribution in [3.05, 3.63) is 93.7 Å². The van der Waals surface area contributed by atoms with Crippen molar-refractivity contribution >= 4 is 104 Å². The van der Waals surface area contributed by atoms with Gasteiger partial charge in [-0.05, 0) is 108 Å². The quantitative estimate of drug-likeness (QED) is 0.139. The van der Waals surface area contributed by atoms with Gasteiger partial charge >= 0.3 is 24.2 Å². The number of carbonyl (C=O) groups excluding carboxylic acids is 4. The Morgan fingerprint density at radius 2 is 0.922 bits per heavy atom. The molecule has 0 saturated heterocycles. The molecule has 0 aliphatic heterocycles. The summed E-state index contributed by atoms with van der Waals surface area (Å²) in [6.07, 6.45) is 0.524. The van der Waals surface area contributed by atoms with Crippen LogP contribution in [-0.4, -0.2) is 34.5 Å². The van der Waals surface area contributed by atoms with Crippen molar-refractivity contribution in [2.75, 3.05) is 0 Å². The fraction of sp³-hybridized carbons (Fsp3) is 0.111. The molecular formula is C36H24O8S7. The SMILES string of the molecule is Cc1ccsc1-c1ccc(-c2sc(-c3ccc(-c4cc(C)c(-c5ccc(-c6sccc6CC(=O)O)s5)s4)s3)cc2CC(=O)O)s1.O=C=O.O=C=O. The summed E-state index contributed by atoms with van der Waals surface area (Å²) in [5, 5.41) is 23.0. The Kier molecular flexibility index (Phi) is 12.8. The standard InChI is InChI=1S/C34H24O4S7.2CO2/c1-17-9-11-39-31(17)23-5-8-26(42-23)34-20(16-30(37)38)14-28(45-34)22-4-3-21(41-22)27-13-18(2)32(44-27)24-6-7-25(43-24)33-19(10-12-40-33)15-29(35)36;2*2-1-3/h3-14H,15-16H2,1-2H3,(H,35,36)(H,37,38);;. The van der Waals surface area contributed by atoms with Crippen LogP contribution in [0.3, 0.4) is 0 Å². The van der Waals surface area contributed by atoms with E-state index in [1.807, 2.05) is 11.4 Å². The van der Waals surface area contributed by atoms with Gasteiger partial charge in [-0.1, -0.05) is 0 Å². The fourth-order valence-corrected chi connectivity index (χ4v) is 13.2. The highest BCUT2D eigenvalue weighted by Gasteiger charge is 2.20. The second-order valence-corrected chi connectivity index (χ2v) is 17.8. The van der Waals surface area contributed by atoms with Crippen LogP contribution in [0.1, 0.15) is 22.3 Å². The zero-order valence-electron chi connectivity index (χ0n) is 26.5. The van der Waals surface area contributed by atoms with Gasteiger partial charge in [-0.3, -0.25) is 9.59 Å². The normalized spacial score (nSPS) is 10.4. The van der Waals surface area contributed by atoms with E-state index in [0.717, 1.165) is 40.4 Å². The highest BCUT2D eigenvalue weighted by atomic mass is 32.1. The van der Waals surface area contributed by atoms with E-state index in [9.17, 15) is 19.8 Å². The van der Waals surface area contributed by atoms with Crippen LogP contribution in [0.25, 0.3) is 58.5 Å². The topological polar surface area (TPSA) is 143 Å². The zero-order valence-corrected chi connectivity index (χ0v) is 32.3. The Morgan fingerprint density at radius 1 is 0.490 bits per heavy atom. The molecule has 8 nitrogen and oxygen atoms in total. The molecule has 0 amide bonds. The minimum Gasteiger partial charge on any atom is -0.481 e. The predicted octanol–water partition coefficient (Wildman–Crippen LogP) is 10.8. The van der Waals surface area contributed by atoms with Gasteiger partial charge in [0.05, 0.1) is 12.8 Å². The van der Waals surface area contributed by atoms with E-state index in [2.05, 4.69) is 73.8 Å². The summed E-state index contributed by atoms with van der Waals surface area (Å²) in [6.45, 7) is 4.26. The maximum Gasteiger partial charge on any atom is 0.373 e. The van der Waals surface area contributed by atoms with Crippen LogP contribution in [0.5, 0.6) is 0 Å². The minimum atomic E-state index is -0.825. The molecule has 0 bridgehead atoms. The number of carbonyl (C=O) groups is 2. The Bertz CT molecular complexity index is 2360. The Hall–Kier alpha value is -4.40. The van der Waals surface area contributed by atoms with Gasteiger partial charge in [0.15, 0.2) is 0 Å². The Morgan fingerprint density at radius 3 is 1.49 bits per heavy atom. The maximum atomic E-state index is 11.8. The minimum absolute atomic E-state index is 0.00508. The predicted molar refractivity (Wildman–Crippen MR) is 206 cm³/mol. The van der Waals surface area contributed by atoms with Gasteiger partial charge in [-0.25, -0.2) is 0 Å². The largest absolute Gasteiger partial charge is 0.481 e. The summed E-state index contributed by atoms with van der Waals surface area (Å²) >= 11 is 11.9. The molecule has 7 aromatic rings. The first-order valence-corrected chi connectivity index (χ1v) is 20.5. The van der Waals surface area contributed by atoms with Crippen molar-refractivity contribution in [2.24, 2.45) is 0 Å². The summed E-state index contributed by atoms with van der Waals surface area (Å²) in [6, 6.07) is 21.2. The van der Waals surface area contributed by atoms with Crippen LogP contribution in [-0.2, 0) is 41.6 Å². The lowest BCUT2D eigenvalue weighted by Crippen LogP contribution is -1.99. The maximum absolute atomic E-state index is 11.8. The summed E-state index contributed by atoms with van der Waals surface area (Å²) < 4.78 is 0. The average Bonchev–Trinajstić information content (AvgIpc) is 3.90. The number of hydrogen-bond acceptors (Lipinski definition) is 13. The number of aryl methyl sites for hydroxylation is 2. The van der Waals surface area contributed by atoms with E-state index in [1.165, 1.54) is 40.4 Å². The van der Waals surface area contributed by atoms with Gasteiger partial charge in [0.2, 0.25) is 0 Å². The van der Waals surface area contributed by atoms with Crippen LogP contribution in [0.15, 0.2) is 71.4 Å². The van der Waals surface area contributed by atoms with Crippen molar-refractivity contribution in [3.63, 3.8) is 0 Å². The van der Waals surface area contributed by atoms with E-state index in [4.69, 9.17) is 19.2 Å². The van der Waals surface area contributed by atoms with Crippen LogP contribution in [0.4, 0.5) is 0 Å². The number of rotatable bonds is 10. The van der Waals surface area contributed by atoms with E-state index in [-0.39, 0.29) is 25.1 Å². The molecule has 0 radical (unpaired) electrons. The molecule has 258 valence electrons. The highest BCUT2D eigenvalue weighted by Crippen LogP contribution is 2.49. The molecule has 0 atom stereocenters. The monoisotopic (exact) mass is 808 g/mol. The third kappa shape index (κ3) is 8.92. The Balaban J connectivity index is 0.000000787. The molecule has 0 aromatic carbocycles. The van der Waals surface area contributed by atoms with Gasteiger partial charge in [0.1, 0.15) is 0 Å². The van der Waals surface area contributed by atoms with Crippen molar-refractivity contribution in [2.45, 2.75) is 26.7 Å². The molecule has 0 unspecified atom stereocenters. The van der Waals surface area contributed by atoms with E-state index in [1.54, 1.807) is 79.4 Å². The van der Waals surface area contributed by atoms with Crippen molar-refractivity contribution in [1.29, 1.82) is 0 Å². The third-order valence-electron chi connectivity index (χ3n) is 7.22. The smallest absolute Gasteiger partial charge is 0.373 e. The molecule has 0 spiro atoms. The molecule has 15 heteroatoms. The van der Waals surface area contributed by atoms with Crippen LogP contribution in [0.2, 0.25) is 0 Å². The second kappa shape index (κ2) is 17.2. The second-order valence-electron chi connectivity index (χ2n) is 10.6. The molecule has 51 heavy (non-hydrogen) atoms. The number of carboxylic acid groups (broad SMARTS) is 2. The van der Waals surface area contributed by atoms with Crippen molar-refractivity contribution < 1.29 is 39.0 Å². The summed E-state index contributed by atoms with van der Waals surface area (Å²) in [5.41, 5.74) is 4.19. The lowest BCUT2D eigenvalue weighted by atomic mass is 10.1. The first-order valence-electron chi connectivity index (χ1n) is 14.6. The average molecular weight is 809 g/mol. The molecule has 0 fully saturated rings. The van der Waals surface area contributed by atoms with Crippen LogP contribution >= 0.6 is 79.4 Å². The zero-order chi connectivity index (χ0) is 36.7. The lowest BCUT2D eigenvalue weighted by molar-refractivity contribution is -0.193. The number of aliphatic carboxylic acids is 2. The van der Waals surface area contributed by atoms with Gasteiger partial charge in [0.25, 0.3) is 0 Å². The lowest BCUT2D eigenvalue weighted by Gasteiger charge is -1.98. The third-order valence-corrected chi connectivity index (χ3v) is 16.0. The fourth-order valence-electron chi connectivity index (χ4n) is 5.15. The Labute approximate surface area is 319 Å². The summed E-state index contributed by atoms with van der Waals surface area (Å²) in [4.78, 5) is 69.4. The molecular weight excluding hydrogens is 785 g/mol.